The monoisotopic (exact) mass is 358 g/mol. The van der Waals surface area contributed by atoms with Crippen LogP contribution in [0.2, 0.25) is 0 Å². The highest BCUT2D eigenvalue weighted by Crippen LogP contribution is 2.48. The third kappa shape index (κ3) is 2.94. The van der Waals surface area contributed by atoms with Crippen LogP contribution < -0.4 is 0 Å². The van der Waals surface area contributed by atoms with Crippen molar-refractivity contribution in [2.75, 3.05) is 26.2 Å². The molecular weight excluding hydrogens is 332 g/mol. The number of hydrogen-bond donors (Lipinski definition) is 1. The quantitative estimate of drug-likeness (QED) is 0.809. The van der Waals surface area contributed by atoms with Crippen LogP contribution in [0.1, 0.15) is 17.7 Å². The largest absolute Gasteiger partial charge is 0.481 e. The van der Waals surface area contributed by atoms with E-state index in [-0.39, 0.29) is 23.7 Å². The molecule has 1 aliphatic heterocycles. The Balaban J connectivity index is 1.37. The van der Waals surface area contributed by atoms with Crippen LogP contribution in [0.5, 0.6) is 0 Å². The van der Waals surface area contributed by atoms with Gasteiger partial charge in [-0.1, -0.05) is 12.2 Å². The molecule has 140 valence electrons. The van der Waals surface area contributed by atoms with Crippen molar-refractivity contribution in [3.8, 4) is 0 Å². The Hall–Kier alpha value is -2.15. The summed E-state index contributed by atoms with van der Waals surface area (Å²) in [6.07, 6.45) is 6.90. The summed E-state index contributed by atoms with van der Waals surface area (Å²) in [5, 5.41) is 13.9. The molecule has 1 amide bonds. The van der Waals surface area contributed by atoms with Gasteiger partial charge in [0.15, 0.2) is 0 Å². The molecule has 1 saturated heterocycles. The van der Waals surface area contributed by atoms with Crippen LogP contribution in [-0.4, -0.2) is 62.7 Å². The number of aryl methyl sites for hydroxylation is 2. The minimum atomic E-state index is -0.828. The molecule has 4 atom stereocenters. The normalized spacial score (nSPS) is 30.9. The highest BCUT2D eigenvalue weighted by molar-refractivity contribution is 5.87. The van der Waals surface area contributed by atoms with Crippen LogP contribution in [0.3, 0.4) is 0 Å². The molecule has 4 rings (SSSR count). The van der Waals surface area contributed by atoms with Crippen molar-refractivity contribution < 1.29 is 14.7 Å². The Labute approximate surface area is 153 Å². The first-order valence-electron chi connectivity index (χ1n) is 9.35. The van der Waals surface area contributed by atoms with Gasteiger partial charge in [-0.05, 0) is 25.2 Å². The Morgan fingerprint density at radius 3 is 2.38 bits per heavy atom. The fourth-order valence-corrected chi connectivity index (χ4v) is 4.88. The van der Waals surface area contributed by atoms with E-state index in [1.807, 2.05) is 41.9 Å². The standard InChI is InChI=1S/C19H26N4O3/c1-12-15(10-21(2)20-12)11-22-5-7-23(8-6-22)18(24)16-13-3-4-14(9-13)17(16)19(25)26/h3-4,10,13-14,16-17H,5-9,11H2,1-2H3,(H,25,26)/t13-,14-,16-,17-/m0/s1. The number of allylic oxidation sites excluding steroid dienone is 2. The fraction of sp³-hybridized carbons (Fsp3) is 0.632. The summed E-state index contributed by atoms with van der Waals surface area (Å²) in [4.78, 5) is 28.9. The van der Waals surface area contributed by atoms with Crippen molar-refractivity contribution in [2.45, 2.75) is 19.9 Å². The Morgan fingerprint density at radius 2 is 1.81 bits per heavy atom. The molecule has 2 heterocycles. The average molecular weight is 358 g/mol. The number of hydrogen-bond acceptors (Lipinski definition) is 4. The Morgan fingerprint density at radius 1 is 1.15 bits per heavy atom. The molecule has 2 bridgehead atoms. The Bertz CT molecular complexity index is 748. The molecule has 0 radical (unpaired) electrons. The van der Waals surface area contributed by atoms with Crippen LogP contribution in [0, 0.1) is 30.6 Å². The van der Waals surface area contributed by atoms with Gasteiger partial charge < -0.3 is 10.0 Å². The molecule has 2 fully saturated rings. The van der Waals surface area contributed by atoms with E-state index in [4.69, 9.17) is 0 Å². The first-order valence-corrected chi connectivity index (χ1v) is 9.35. The molecule has 26 heavy (non-hydrogen) atoms. The fourth-order valence-electron chi connectivity index (χ4n) is 4.88. The summed E-state index contributed by atoms with van der Waals surface area (Å²) in [5.74, 6) is -1.59. The maximum absolute atomic E-state index is 13.0. The SMILES string of the molecule is Cc1nn(C)cc1CN1CCN(C(=O)[C@@H]2[C@@H](C(=O)O)[C@H]3C=C[C@H]2C3)CC1. The smallest absolute Gasteiger partial charge is 0.307 e. The lowest BCUT2D eigenvalue weighted by molar-refractivity contribution is -0.151. The molecule has 1 N–H and O–H groups in total. The number of nitrogens with zero attached hydrogens (tertiary/aromatic N) is 4. The van der Waals surface area contributed by atoms with E-state index in [2.05, 4.69) is 10.00 Å². The van der Waals surface area contributed by atoms with Crippen molar-refractivity contribution in [3.63, 3.8) is 0 Å². The zero-order valence-corrected chi connectivity index (χ0v) is 15.3. The molecule has 3 aliphatic rings. The van der Waals surface area contributed by atoms with Gasteiger partial charge >= 0.3 is 5.97 Å². The van der Waals surface area contributed by atoms with Gasteiger partial charge in [0.1, 0.15) is 0 Å². The third-order valence-corrected chi connectivity index (χ3v) is 6.22. The van der Waals surface area contributed by atoms with Gasteiger partial charge in [0.25, 0.3) is 0 Å². The van der Waals surface area contributed by atoms with Gasteiger partial charge in [-0.2, -0.15) is 5.10 Å². The van der Waals surface area contributed by atoms with Crippen molar-refractivity contribution in [2.24, 2.45) is 30.7 Å². The lowest BCUT2D eigenvalue weighted by Gasteiger charge is -2.37. The van der Waals surface area contributed by atoms with Crippen LogP contribution in [0.15, 0.2) is 18.3 Å². The van der Waals surface area contributed by atoms with Crippen molar-refractivity contribution in [3.05, 3.63) is 29.6 Å². The summed E-state index contributed by atoms with van der Waals surface area (Å²) in [6.45, 7) is 5.83. The van der Waals surface area contributed by atoms with Crippen molar-refractivity contribution in [1.29, 1.82) is 0 Å². The number of aromatic nitrogens is 2. The number of carbonyl (C=O) groups excluding carboxylic acids is 1. The lowest BCUT2D eigenvalue weighted by Crippen LogP contribution is -2.52. The summed E-state index contributed by atoms with van der Waals surface area (Å²) < 4.78 is 1.83. The van der Waals surface area contributed by atoms with Crippen LogP contribution in [0.25, 0.3) is 0 Å². The molecule has 0 spiro atoms. The van der Waals surface area contributed by atoms with Crippen LogP contribution >= 0.6 is 0 Å². The lowest BCUT2D eigenvalue weighted by atomic mass is 9.82. The first-order chi connectivity index (χ1) is 12.4. The van der Waals surface area contributed by atoms with E-state index in [9.17, 15) is 14.7 Å². The van der Waals surface area contributed by atoms with E-state index < -0.39 is 11.9 Å². The number of carboxylic acid groups (broad SMARTS) is 1. The molecule has 7 heteroatoms. The second-order valence-electron chi connectivity index (χ2n) is 7.85. The van der Waals surface area contributed by atoms with Gasteiger partial charge in [0.05, 0.1) is 17.5 Å². The minimum absolute atomic E-state index is 0.0290. The predicted molar refractivity (Wildman–Crippen MR) is 95.2 cm³/mol. The van der Waals surface area contributed by atoms with E-state index in [0.717, 1.165) is 31.7 Å². The van der Waals surface area contributed by atoms with Crippen molar-refractivity contribution in [1.82, 2.24) is 19.6 Å². The first kappa shape index (κ1) is 17.3. The van der Waals surface area contributed by atoms with Gasteiger partial charge in [-0.15, -0.1) is 0 Å². The van der Waals surface area contributed by atoms with Gasteiger partial charge in [-0.25, -0.2) is 0 Å². The van der Waals surface area contributed by atoms with Crippen molar-refractivity contribution >= 4 is 11.9 Å². The molecule has 2 aliphatic carbocycles. The summed E-state index contributed by atoms with van der Waals surface area (Å²) in [5.41, 5.74) is 2.26. The number of carbonyl (C=O) groups is 2. The van der Waals surface area contributed by atoms with Crippen LogP contribution in [-0.2, 0) is 23.2 Å². The van der Waals surface area contributed by atoms with Gasteiger partial charge in [-0.3, -0.25) is 19.2 Å². The summed E-state index contributed by atoms with van der Waals surface area (Å²) in [6, 6.07) is 0. The molecule has 0 aromatic carbocycles. The number of aliphatic carboxylic acids is 1. The summed E-state index contributed by atoms with van der Waals surface area (Å²) >= 11 is 0. The number of fused-ring (bicyclic) bond motifs is 2. The predicted octanol–water partition coefficient (Wildman–Crippen LogP) is 0.896. The maximum atomic E-state index is 13.0. The third-order valence-electron chi connectivity index (χ3n) is 6.22. The second kappa shape index (κ2) is 6.54. The molecule has 7 nitrogen and oxygen atoms in total. The summed E-state index contributed by atoms with van der Waals surface area (Å²) in [7, 11) is 1.93. The number of rotatable bonds is 4. The number of carboxylic acids is 1. The zero-order chi connectivity index (χ0) is 18.4. The highest BCUT2D eigenvalue weighted by Gasteiger charge is 2.52. The molecule has 1 saturated carbocycles. The van der Waals surface area contributed by atoms with E-state index >= 15 is 0 Å². The van der Waals surface area contributed by atoms with Gasteiger partial charge in [0.2, 0.25) is 5.91 Å². The topological polar surface area (TPSA) is 78.7 Å². The van der Waals surface area contributed by atoms with Crippen LogP contribution in [0.4, 0.5) is 0 Å². The second-order valence-corrected chi connectivity index (χ2v) is 7.85. The number of amides is 1. The zero-order valence-electron chi connectivity index (χ0n) is 15.3. The van der Waals surface area contributed by atoms with E-state index in [1.54, 1.807) is 0 Å². The number of piperazine rings is 1. The molecule has 0 unspecified atom stereocenters. The molecule has 1 aromatic heterocycles. The van der Waals surface area contributed by atoms with E-state index in [0.29, 0.717) is 13.1 Å². The Kier molecular flexibility index (Phi) is 4.34. The molecular formula is C19H26N4O3. The van der Waals surface area contributed by atoms with Gasteiger partial charge in [0, 0.05) is 51.5 Å². The average Bonchev–Trinajstić information content (AvgIpc) is 3.29. The maximum Gasteiger partial charge on any atom is 0.307 e. The van der Waals surface area contributed by atoms with E-state index in [1.165, 1.54) is 5.56 Å². The molecule has 1 aromatic rings. The highest BCUT2D eigenvalue weighted by atomic mass is 16.4. The minimum Gasteiger partial charge on any atom is -0.481 e.